The van der Waals surface area contributed by atoms with Gasteiger partial charge in [0, 0.05) is 23.4 Å². The fourth-order valence-electron chi connectivity index (χ4n) is 4.35. The molecular weight excluding hydrogens is 458 g/mol. The molecule has 0 radical (unpaired) electrons. The molecule has 4 aromatic rings. The van der Waals surface area contributed by atoms with Crippen LogP contribution in [0.2, 0.25) is 0 Å². The Kier molecular flexibility index (Phi) is 7.01. The summed E-state index contributed by atoms with van der Waals surface area (Å²) in [6.07, 6.45) is 7.67. The van der Waals surface area contributed by atoms with Crippen molar-refractivity contribution in [1.82, 2.24) is 24.2 Å². The summed E-state index contributed by atoms with van der Waals surface area (Å²) in [6.45, 7) is 6.81. The van der Waals surface area contributed by atoms with Gasteiger partial charge in [-0.2, -0.15) is 4.37 Å². The maximum atomic E-state index is 12.7. The number of pyridine rings is 1. The number of benzene rings is 1. The third-order valence-electron chi connectivity index (χ3n) is 6.47. The number of piperidine rings is 1. The van der Waals surface area contributed by atoms with Gasteiger partial charge in [-0.1, -0.05) is 18.2 Å². The molecule has 3 aromatic heterocycles. The molecule has 35 heavy (non-hydrogen) atoms. The highest BCUT2D eigenvalue weighted by molar-refractivity contribution is 7.09. The molecule has 1 N–H and O–H groups in total. The first-order chi connectivity index (χ1) is 17.1. The fourth-order valence-corrected chi connectivity index (χ4v) is 5.10. The Bertz CT molecular complexity index is 1340. The fraction of sp³-hybridized carbons (Fsp3) is 0.333. The van der Waals surface area contributed by atoms with E-state index in [9.17, 15) is 4.79 Å². The van der Waals surface area contributed by atoms with E-state index in [0.717, 1.165) is 53.2 Å². The second-order valence-corrected chi connectivity index (χ2v) is 9.85. The van der Waals surface area contributed by atoms with Crippen LogP contribution in [0, 0.1) is 12.8 Å². The van der Waals surface area contributed by atoms with Gasteiger partial charge in [0.25, 0.3) is 5.56 Å². The van der Waals surface area contributed by atoms with Crippen molar-refractivity contribution in [2.75, 3.05) is 19.7 Å². The second-order valence-electron chi connectivity index (χ2n) is 9.04. The summed E-state index contributed by atoms with van der Waals surface area (Å²) >= 11 is 1.44. The third kappa shape index (κ3) is 5.49. The standard InChI is InChI=1S/C27H29N5O2S/c1-18-12-25(35-31-18)23-6-7-26(33)32(16-23)19(2)21-4-3-5-22(13-21)27-29-14-24(15-30-27)34-17-20-8-10-28-11-9-20/h3-7,12-16,19-20,28H,8-11,17H2,1-2H3. The van der Waals surface area contributed by atoms with Crippen LogP contribution in [-0.2, 0) is 0 Å². The van der Waals surface area contributed by atoms with Gasteiger partial charge in [-0.15, -0.1) is 0 Å². The van der Waals surface area contributed by atoms with Gasteiger partial charge >= 0.3 is 0 Å². The van der Waals surface area contributed by atoms with Gasteiger partial charge in [0.15, 0.2) is 11.6 Å². The van der Waals surface area contributed by atoms with E-state index in [4.69, 9.17) is 4.74 Å². The summed E-state index contributed by atoms with van der Waals surface area (Å²) in [5, 5.41) is 3.37. The summed E-state index contributed by atoms with van der Waals surface area (Å²) in [7, 11) is 0. The van der Waals surface area contributed by atoms with E-state index in [1.807, 2.05) is 56.4 Å². The number of nitrogens with zero attached hydrogens (tertiary/aromatic N) is 4. The zero-order valence-electron chi connectivity index (χ0n) is 20.0. The maximum Gasteiger partial charge on any atom is 0.251 e. The average molecular weight is 488 g/mol. The summed E-state index contributed by atoms with van der Waals surface area (Å²) in [6, 6.07) is 13.4. The van der Waals surface area contributed by atoms with Crippen LogP contribution in [-0.4, -0.2) is 38.6 Å². The Balaban J connectivity index is 1.33. The smallest absolute Gasteiger partial charge is 0.251 e. The maximum absolute atomic E-state index is 12.7. The Hall–Kier alpha value is -3.36. The van der Waals surface area contributed by atoms with Gasteiger partial charge in [-0.3, -0.25) is 4.79 Å². The van der Waals surface area contributed by atoms with Gasteiger partial charge in [0.2, 0.25) is 0 Å². The van der Waals surface area contributed by atoms with Crippen molar-refractivity contribution in [2.45, 2.75) is 32.7 Å². The molecule has 5 rings (SSSR count). The lowest BCUT2D eigenvalue weighted by atomic mass is 9.99. The van der Waals surface area contributed by atoms with Gasteiger partial charge in [-0.05, 0) is 81.0 Å². The van der Waals surface area contributed by atoms with E-state index in [2.05, 4.69) is 19.7 Å². The minimum atomic E-state index is -0.149. The SMILES string of the molecule is Cc1cc(-c2ccc(=O)n(C(C)c3cccc(-c4ncc(OCC5CCNCC5)cn4)c3)c2)sn1. The van der Waals surface area contributed by atoms with Crippen molar-refractivity contribution in [1.29, 1.82) is 0 Å². The molecule has 0 amide bonds. The quantitative estimate of drug-likeness (QED) is 0.406. The van der Waals surface area contributed by atoms with Crippen molar-refractivity contribution in [3.05, 3.63) is 82.7 Å². The summed E-state index contributed by atoms with van der Waals surface area (Å²) < 4.78 is 12.1. The predicted octanol–water partition coefficient (Wildman–Crippen LogP) is 4.72. The Morgan fingerprint density at radius 3 is 2.66 bits per heavy atom. The number of ether oxygens (including phenoxy) is 1. The molecule has 8 heteroatoms. The first kappa shape index (κ1) is 23.4. The van der Waals surface area contributed by atoms with Gasteiger partial charge in [0.1, 0.15) is 0 Å². The predicted molar refractivity (Wildman–Crippen MR) is 139 cm³/mol. The highest BCUT2D eigenvalue weighted by Crippen LogP contribution is 2.27. The molecule has 0 bridgehead atoms. The van der Waals surface area contributed by atoms with Gasteiger partial charge < -0.3 is 14.6 Å². The topological polar surface area (TPSA) is 81.9 Å². The molecule has 7 nitrogen and oxygen atoms in total. The number of hydrogen-bond donors (Lipinski definition) is 1. The molecular formula is C27H29N5O2S. The molecule has 1 aliphatic heterocycles. The monoisotopic (exact) mass is 487 g/mol. The second kappa shape index (κ2) is 10.5. The van der Waals surface area contributed by atoms with Crippen molar-refractivity contribution >= 4 is 11.5 Å². The van der Waals surface area contributed by atoms with E-state index in [1.54, 1.807) is 23.0 Å². The van der Waals surface area contributed by atoms with Crippen molar-refractivity contribution < 1.29 is 4.74 Å². The van der Waals surface area contributed by atoms with Gasteiger partial charge in [0.05, 0.1) is 35.6 Å². The van der Waals surface area contributed by atoms with E-state index in [-0.39, 0.29) is 11.6 Å². The van der Waals surface area contributed by atoms with Crippen molar-refractivity contribution in [3.8, 4) is 27.6 Å². The van der Waals surface area contributed by atoms with Crippen LogP contribution in [0.25, 0.3) is 21.8 Å². The number of nitrogens with one attached hydrogen (secondary N) is 1. The molecule has 1 fully saturated rings. The van der Waals surface area contributed by atoms with Crippen LogP contribution in [0.15, 0.2) is 65.8 Å². The summed E-state index contributed by atoms with van der Waals surface area (Å²) in [5.41, 5.74) is 3.84. The molecule has 0 aliphatic carbocycles. The average Bonchev–Trinajstić information content (AvgIpc) is 3.34. The zero-order chi connectivity index (χ0) is 24.2. The van der Waals surface area contributed by atoms with Crippen LogP contribution in [0.4, 0.5) is 0 Å². The first-order valence-corrected chi connectivity index (χ1v) is 12.8. The van der Waals surface area contributed by atoms with Crippen LogP contribution in [0.1, 0.15) is 37.1 Å². The van der Waals surface area contributed by atoms with Crippen LogP contribution in [0.3, 0.4) is 0 Å². The third-order valence-corrected chi connectivity index (χ3v) is 7.40. The molecule has 4 heterocycles. The first-order valence-electron chi connectivity index (χ1n) is 12.0. The molecule has 1 saturated heterocycles. The number of rotatable bonds is 7. The Morgan fingerprint density at radius 2 is 1.91 bits per heavy atom. The lowest BCUT2D eigenvalue weighted by molar-refractivity contribution is 0.214. The summed E-state index contributed by atoms with van der Waals surface area (Å²) in [5.74, 6) is 1.91. The molecule has 1 atom stereocenters. The zero-order valence-corrected chi connectivity index (χ0v) is 20.8. The van der Waals surface area contributed by atoms with Gasteiger partial charge in [-0.25, -0.2) is 9.97 Å². The lowest BCUT2D eigenvalue weighted by Gasteiger charge is -2.22. The Labute approximate surface area is 209 Å². The minimum Gasteiger partial charge on any atom is -0.490 e. The van der Waals surface area contributed by atoms with Crippen LogP contribution >= 0.6 is 11.5 Å². The van der Waals surface area contributed by atoms with E-state index < -0.39 is 0 Å². The number of hydrogen-bond acceptors (Lipinski definition) is 7. The van der Waals surface area contributed by atoms with Crippen LogP contribution in [0.5, 0.6) is 5.75 Å². The van der Waals surface area contributed by atoms with Crippen molar-refractivity contribution in [3.63, 3.8) is 0 Å². The molecule has 1 aliphatic rings. The van der Waals surface area contributed by atoms with E-state index in [1.165, 1.54) is 11.5 Å². The van der Waals surface area contributed by atoms with E-state index in [0.29, 0.717) is 24.1 Å². The highest BCUT2D eigenvalue weighted by Gasteiger charge is 2.15. The normalized spacial score (nSPS) is 15.1. The minimum absolute atomic E-state index is 0.0422. The molecule has 0 saturated carbocycles. The van der Waals surface area contributed by atoms with Crippen molar-refractivity contribution in [2.24, 2.45) is 5.92 Å². The number of aromatic nitrogens is 4. The lowest BCUT2D eigenvalue weighted by Crippen LogP contribution is -2.30. The summed E-state index contributed by atoms with van der Waals surface area (Å²) in [4.78, 5) is 22.8. The Morgan fingerprint density at radius 1 is 1.11 bits per heavy atom. The molecule has 1 unspecified atom stereocenters. The molecule has 1 aromatic carbocycles. The number of aryl methyl sites for hydroxylation is 1. The van der Waals surface area contributed by atoms with Crippen LogP contribution < -0.4 is 15.6 Å². The molecule has 180 valence electrons. The van der Waals surface area contributed by atoms with E-state index >= 15 is 0 Å². The highest BCUT2D eigenvalue weighted by atomic mass is 32.1. The largest absolute Gasteiger partial charge is 0.490 e. The molecule has 0 spiro atoms.